The standard InChI is InChI=1S/C26H28N2O5S2/c1-4-32-20-12-10-19(11-13-20)27-22(29)15-34-16-23(30)28-25-24(26(31)33-5-2)21(14-35-25)18-8-6-17(3)7-9-18/h6-14H,4-5,15-16H2,1-3H3,(H,27,29)(H,28,30). The molecule has 0 saturated carbocycles. The van der Waals surface area contributed by atoms with Crippen molar-refractivity contribution < 1.29 is 23.9 Å². The third-order valence-corrected chi connectivity index (χ3v) is 6.63. The second kappa shape index (κ2) is 13.0. The van der Waals surface area contributed by atoms with Gasteiger partial charge in [-0.25, -0.2) is 4.79 Å². The highest BCUT2D eigenvalue weighted by molar-refractivity contribution is 8.00. The van der Waals surface area contributed by atoms with Gasteiger partial charge >= 0.3 is 5.97 Å². The Balaban J connectivity index is 1.57. The second-order valence-corrected chi connectivity index (χ2v) is 9.35. The smallest absolute Gasteiger partial charge is 0.341 e. The zero-order valence-corrected chi connectivity index (χ0v) is 21.5. The van der Waals surface area contributed by atoms with E-state index in [0.29, 0.717) is 28.4 Å². The van der Waals surface area contributed by atoms with Gasteiger partial charge in [0.1, 0.15) is 16.3 Å². The molecule has 2 aromatic carbocycles. The number of aryl methyl sites for hydroxylation is 1. The summed E-state index contributed by atoms with van der Waals surface area (Å²) in [5.74, 6) is -0.0789. The summed E-state index contributed by atoms with van der Waals surface area (Å²) in [4.78, 5) is 37.4. The monoisotopic (exact) mass is 512 g/mol. The summed E-state index contributed by atoms with van der Waals surface area (Å²) in [6, 6.07) is 14.9. The number of nitrogens with one attached hydrogen (secondary N) is 2. The van der Waals surface area contributed by atoms with Crippen molar-refractivity contribution in [2.45, 2.75) is 20.8 Å². The maximum absolute atomic E-state index is 12.7. The fourth-order valence-electron chi connectivity index (χ4n) is 3.20. The minimum atomic E-state index is -0.484. The minimum absolute atomic E-state index is 0.0662. The Morgan fingerprint density at radius 2 is 1.54 bits per heavy atom. The largest absolute Gasteiger partial charge is 0.494 e. The molecule has 0 bridgehead atoms. The Hall–Kier alpha value is -3.30. The molecule has 0 spiro atoms. The Morgan fingerprint density at radius 1 is 0.886 bits per heavy atom. The predicted octanol–water partition coefficient (Wildman–Crippen LogP) is 5.61. The molecule has 0 unspecified atom stereocenters. The summed E-state index contributed by atoms with van der Waals surface area (Å²) >= 11 is 2.46. The van der Waals surface area contributed by atoms with Crippen LogP contribution in [0.15, 0.2) is 53.9 Å². The van der Waals surface area contributed by atoms with Crippen molar-refractivity contribution in [3.05, 3.63) is 65.0 Å². The number of carbonyl (C=O) groups is 3. The number of rotatable bonds is 11. The van der Waals surface area contributed by atoms with Crippen LogP contribution in [0.1, 0.15) is 29.8 Å². The Bertz CT molecular complexity index is 1160. The van der Waals surface area contributed by atoms with E-state index in [4.69, 9.17) is 9.47 Å². The van der Waals surface area contributed by atoms with Gasteiger partial charge in [0.15, 0.2) is 0 Å². The minimum Gasteiger partial charge on any atom is -0.494 e. The molecular formula is C26H28N2O5S2. The van der Waals surface area contributed by atoms with Crippen molar-refractivity contribution in [3.63, 3.8) is 0 Å². The number of anilines is 2. The third kappa shape index (κ3) is 7.60. The molecule has 3 rings (SSSR count). The topological polar surface area (TPSA) is 93.7 Å². The van der Waals surface area contributed by atoms with Crippen molar-refractivity contribution in [1.82, 2.24) is 0 Å². The van der Waals surface area contributed by atoms with Gasteiger partial charge in [-0.15, -0.1) is 23.1 Å². The van der Waals surface area contributed by atoms with Gasteiger partial charge in [0.2, 0.25) is 11.8 Å². The van der Waals surface area contributed by atoms with E-state index >= 15 is 0 Å². The zero-order chi connectivity index (χ0) is 25.2. The molecule has 2 amide bonds. The molecule has 184 valence electrons. The quantitative estimate of drug-likeness (QED) is 0.325. The first kappa shape index (κ1) is 26.3. The van der Waals surface area contributed by atoms with Crippen LogP contribution in [0.25, 0.3) is 11.1 Å². The van der Waals surface area contributed by atoms with Crippen molar-refractivity contribution in [1.29, 1.82) is 0 Å². The van der Waals surface area contributed by atoms with E-state index in [2.05, 4.69) is 10.6 Å². The van der Waals surface area contributed by atoms with Crippen LogP contribution in [-0.2, 0) is 14.3 Å². The predicted molar refractivity (Wildman–Crippen MR) is 143 cm³/mol. The van der Waals surface area contributed by atoms with Crippen molar-refractivity contribution in [2.75, 3.05) is 35.4 Å². The van der Waals surface area contributed by atoms with Crippen LogP contribution >= 0.6 is 23.1 Å². The molecule has 0 radical (unpaired) electrons. The number of hydrogen-bond acceptors (Lipinski definition) is 7. The first-order valence-corrected chi connectivity index (χ1v) is 13.2. The van der Waals surface area contributed by atoms with Crippen LogP contribution in [-0.4, -0.2) is 42.5 Å². The number of thioether (sulfide) groups is 1. The normalized spacial score (nSPS) is 10.5. The van der Waals surface area contributed by atoms with Crippen molar-refractivity contribution in [3.8, 4) is 16.9 Å². The molecule has 1 aromatic heterocycles. The molecule has 3 aromatic rings. The van der Waals surface area contributed by atoms with Crippen LogP contribution in [0.4, 0.5) is 10.7 Å². The van der Waals surface area contributed by atoms with Gasteiger partial charge in [0.05, 0.1) is 24.7 Å². The molecule has 9 heteroatoms. The number of benzene rings is 2. The maximum Gasteiger partial charge on any atom is 0.341 e. The summed E-state index contributed by atoms with van der Waals surface area (Å²) in [5, 5.41) is 7.87. The molecule has 35 heavy (non-hydrogen) atoms. The molecule has 0 atom stereocenters. The Kier molecular flexibility index (Phi) is 9.75. The average Bonchev–Trinajstić information content (AvgIpc) is 3.24. The summed E-state index contributed by atoms with van der Waals surface area (Å²) in [5.41, 5.74) is 3.69. The van der Waals surface area contributed by atoms with Gasteiger partial charge in [-0.2, -0.15) is 0 Å². The Morgan fingerprint density at radius 3 is 2.17 bits per heavy atom. The van der Waals surface area contributed by atoms with E-state index in [1.165, 1.54) is 23.1 Å². The first-order valence-electron chi connectivity index (χ1n) is 11.2. The van der Waals surface area contributed by atoms with E-state index < -0.39 is 5.97 Å². The lowest BCUT2D eigenvalue weighted by atomic mass is 10.0. The highest BCUT2D eigenvalue weighted by Gasteiger charge is 2.23. The fraction of sp³-hybridized carbons (Fsp3) is 0.269. The molecule has 2 N–H and O–H groups in total. The SMILES string of the molecule is CCOC(=O)c1c(-c2ccc(C)cc2)csc1NC(=O)CSCC(=O)Nc1ccc(OCC)cc1. The van der Waals surface area contributed by atoms with Crippen molar-refractivity contribution in [2.24, 2.45) is 0 Å². The fourth-order valence-corrected chi connectivity index (χ4v) is 4.79. The summed E-state index contributed by atoms with van der Waals surface area (Å²) in [7, 11) is 0. The van der Waals surface area contributed by atoms with E-state index in [1.807, 2.05) is 43.5 Å². The van der Waals surface area contributed by atoms with E-state index in [9.17, 15) is 14.4 Å². The zero-order valence-electron chi connectivity index (χ0n) is 19.9. The first-order chi connectivity index (χ1) is 16.9. The molecule has 0 saturated heterocycles. The molecule has 7 nitrogen and oxygen atoms in total. The van der Waals surface area contributed by atoms with Gasteiger partial charge in [-0.3, -0.25) is 9.59 Å². The lowest BCUT2D eigenvalue weighted by Gasteiger charge is -2.09. The van der Waals surface area contributed by atoms with Crippen LogP contribution in [0.2, 0.25) is 0 Å². The molecule has 1 heterocycles. The van der Waals surface area contributed by atoms with E-state index in [1.54, 1.807) is 31.2 Å². The number of thiophene rings is 1. The van der Waals surface area contributed by atoms with Crippen molar-refractivity contribution >= 4 is 51.6 Å². The van der Waals surface area contributed by atoms with E-state index in [0.717, 1.165) is 16.9 Å². The summed E-state index contributed by atoms with van der Waals surface area (Å²) in [6.45, 7) is 6.44. The lowest BCUT2D eigenvalue weighted by Crippen LogP contribution is -2.19. The van der Waals surface area contributed by atoms with Crippen LogP contribution in [0.5, 0.6) is 5.75 Å². The number of hydrogen-bond donors (Lipinski definition) is 2. The molecule has 0 aliphatic heterocycles. The lowest BCUT2D eigenvalue weighted by molar-refractivity contribution is -0.114. The van der Waals surface area contributed by atoms with Gasteiger partial charge in [0.25, 0.3) is 0 Å². The van der Waals surface area contributed by atoms with E-state index in [-0.39, 0.29) is 29.9 Å². The Labute approximate surface area is 213 Å². The molecular weight excluding hydrogens is 484 g/mol. The average molecular weight is 513 g/mol. The highest BCUT2D eigenvalue weighted by Crippen LogP contribution is 2.36. The molecule has 0 aliphatic carbocycles. The summed E-state index contributed by atoms with van der Waals surface area (Å²) in [6.07, 6.45) is 0. The number of ether oxygens (including phenoxy) is 2. The number of carbonyl (C=O) groups excluding carboxylic acids is 3. The van der Waals surface area contributed by atoms with Gasteiger partial charge in [-0.1, -0.05) is 29.8 Å². The third-order valence-electron chi connectivity index (χ3n) is 4.80. The van der Waals surface area contributed by atoms with Gasteiger partial charge in [-0.05, 0) is 50.6 Å². The van der Waals surface area contributed by atoms with Crippen LogP contribution < -0.4 is 15.4 Å². The van der Waals surface area contributed by atoms with Gasteiger partial charge in [0, 0.05) is 16.6 Å². The summed E-state index contributed by atoms with van der Waals surface area (Å²) < 4.78 is 10.6. The molecule has 0 aliphatic rings. The van der Waals surface area contributed by atoms with Crippen LogP contribution in [0.3, 0.4) is 0 Å². The number of esters is 1. The maximum atomic E-state index is 12.7. The highest BCUT2D eigenvalue weighted by atomic mass is 32.2. The molecule has 0 fully saturated rings. The van der Waals surface area contributed by atoms with Crippen LogP contribution in [0, 0.1) is 6.92 Å². The van der Waals surface area contributed by atoms with Gasteiger partial charge < -0.3 is 20.1 Å². The second-order valence-electron chi connectivity index (χ2n) is 7.49. The number of amides is 2.